The Morgan fingerprint density at radius 2 is 2.00 bits per heavy atom. The highest BCUT2D eigenvalue weighted by atomic mass is 16.4. The van der Waals surface area contributed by atoms with Crippen molar-refractivity contribution in [3.8, 4) is 0 Å². The summed E-state index contributed by atoms with van der Waals surface area (Å²) in [5, 5.41) is 26.6. The molecule has 1 unspecified atom stereocenters. The van der Waals surface area contributed by atoms with Crippen LogP contribution in [-0.2, 0) is 4.79 Å². The van der Waals surface area contributed by atoms with Crippen LogP contribution in [0.2, 0.25) is 0 Å². The van der Waals surface area contributed by atoms with E-state index in [4.69, 9.17) is 10.2 Å². The monoisotopic (exact) mass is 176 g/mol. The van der Waals surface area contributed by atoms with E-state index in [0.717, 1.165) is 0 Å². The third kappa shape index (κ3) is 4.31. The van der Waals surface area contributed by atoms with E-state index in [2.05, 4.69) is 0 Å². The summed E-state index contributed by atoms with van der Waals surface area (Å²) in [4.78, 5) is 10.3. The molecule has 0 aromatic heterocycles. The molecule has 0 aliphatic rings. The average Bonchev–Trinajstić information content (AvgIpc) is 1.83. The number of rotatable bonds is 5. The molecule has 12 heavy (non-hydrogen) atoms. The highest BCUT2D eigenvalue weighted by Crippen LogP contribution is 2.23. The summed E-state index contributed by atoms with van der Waals surface area (Å²) >= 11 is 0. The zero-order chi connectivity index (χ0) is 9.78. The van der Waals surface area contributed by atoms with Crippen molar-refractivity contribution in [2.24, 2.45) is 5.92 Å². The van der Waals surface area contributed by atoms with Gasteiger partial charge in [0.2, 0.25) is 0 Å². The second-order valence-electron chi connectivity index (χ2n) is 3.46. The van der Waals surface area contributed by atoms with Gasteiger partial charge in [0.25, 0.3) is 0 Å². The van der Waals surface area contributed by atoms with Crippen LogP contribution in [0.1, 0.15) is 26.7 Å². The van der Waals surface area contributed by atoms with Crippen LogP contribution in [0.3, 0.4) is 0 Å². The lowest BCUT2D eigenvalue weighted by Crippen LogP contribution is -2.33. The number of hydrogen-bond acceptors (Lipinski definition) is 3. The minimum atomic E-state index is -1.04. The first-order chi connectivity index (χ1) is 5.38. The van der Waals surface area contributed by atoms with Crippen molar-refractivity contribution in [2.75, 3.05) is 6.61 Å². The maximum absolute atomic E-state index is 10.3. The fourth-order valence-corrected chi connectivity index (χ4v) is 1.07. The van der Waals surface area contributed by atoms with Crippen molar-refractivity contribution < 1.29 is 20.1 Å². The topological polar surface area (TPSA) is 77.8 Å². The standard InChI is InChI=1S/C8H16O4/c1-8(2,12)6(3-4-9)5-7(10)11/h6,9,12H,3-5H2,1-2H3,(H,10,11). The minimum Gasteiger partial charge on any atom is -0.481 e. The summed E-state index contributed by atoms with van der Waals surface area (Å²) in [5.74, 6) is -1.34. The summed E-state index contributed by atoms with van der Waals surface area (Å²) in [6.45, 7) is 3.01. The van der Waals surface area contributed by atoms with E-state index in [1.807, 2.05) is 0 Å². The zero-order valence-corrected chi connectivity index (χ0v) is 7.45. The molecule has 0 saturated carbocycles. The molecule has 0 aromatic carbocycles. The van der Waals surface area contributed by atoms with Gasteiger partial charge in [0.15, 0.2) is 0 Å². The van der Waals surface area contributed by atoms with Crippen LogP contribution in [0.25, 0.3) is 0 Å². The molecule has 0 bridgehead atoms. The molecule has 0 fully saturated rings. The summed E-state index contributed by atoms with van der Waals surface area (Å²) in [5.41, 5.74) is -1.04. The smallest absolute Gasteiger partial charge is 0.303 e. The summed E-state index contributed by atoms with van der Waals surface area (Å²) in [7, 11) is 0. The van der Waals surface area contributed by atoms with E-state index in [-0.39, 0.29) is 18.9 Å². The Morgan fingerprint density at radius 3 is 2.25 bits per heavy atom. The molecule has 0 radical (unpaired) electrons. The van der Waals surface area contributed by atoms with Gasteiger partial charge >= 0.3 is 5.97 Å². The van der Waals surface area contributed by atoms with Gasteiger partial charge in [-0.05, 0) is 26.2 Å². The van der Waals surface area contributed by atoms with E-state index in [1.165, 1.54) is 0 Å². The van der Waals surface area contributed by atoms with Crippen molar-refractivity contribution in [3.63, 3.8) is 0 Å². The van der Waals surface area contributed by atoms with Gasteiger partial charge in [0.05, 0.1) is 12.0 Å². The van der Waals surface area contributed by atoms with E-state index in [1.54, 1.807) is 13.8 Å². The second kappa shape index (κ2) is 4.42. The highest BCUT2D eigenvalue weighted by Gasteiger charge is 2.28. The minimum absolute atomic E-state index is 0.0953. The van der Waals surface area contributed by atoms with Crippen molar-refractivity contribution in [2.45, 2.75) is 32.3 Å². The van der Waals surface area contributed by atoms with Crippen molar-refractivity contribution in [1.82, 2.24) is 0 Å². The maximum Gasteiger partial charge on any atom is 0.303 e. The molecule has 0 amide bonds. The van der Waals surface area contributed by atoms with Crippen LogP contribution in [-0.4, -0.2) is 33.5 Å². The fraction of sp³-hybridized carbons (Fsp3) is 0.875. The van der Waals surface area contributed by atoms with E-state index >= 15 is 0 Å². The van der Waals surface area contributed by atoms with Crippen LogP contribution in [0.4, 0.5) is 0 Å². The lowest BCUT2D eigenvalue weighted by atomic mass is 9.86. The Kier molecular flexibility index (Phi) is 4.20. The summed E-state index contributed by atoms with van der Waals surface area (Å²) in [6.07, 6.45) is 0.208. The second-order valence-corrected chi connectivity index (χ2v) is 3.46. The molecule has 0 heterocycles. The molecule has 4 heteroatoms. The molecule has 0 rings (SSSR count). The van der Waals surface area contributed by atoms with Gasteiger partial charge in [0, 0.05) is 6.61 Å². The average molecular weight is 176 g/mol. The van der Waals surface area contributed by atoms with Gasteiger partial charge in [-0.25, -0.2) is 0 Å². The van der Waals surface area contributed by atoms with Gasteiger partial charge in [-0.1, -0.05) is 0 Å². The van der Waals surface area contributed by atoms with Gasteiger partial charge in [-0.15, -0.1) is 0 Å². The van der Waals surface area contributed by atoms with E-state index in [0.29, 0.717) is 6.42 Å². The molecule has 0 aromatic rings. The van der Waals surface area contributed by atoms with Crippen molar-refractivity contribution in [3.05, 3.63) is 0 Å². The molecule has 3 N–H and O–H groups in total. The fourth-order valence-electron chi connectivity index (χ4n) is 1.07. The Bertz CT molecular complexity index is 148. The zero-order valence-electron chi connectivity index (χ0n) is 7.45. The SMILES string of the molecule is CC(C)(O)C(CCO)CC(=O)O. The molecule has 0 aliphatic heterocycles. The van der Waals surface area contributed by atoms with Crippen LogP contribution in [0.5, 0.6) is 0 Å². The number of aliphatic hydroxyl groups excluding tert-OH is 1. The Labute approximate surface area is 71.8 Å². The number of carboxylic acids is 1. The number of carboxylic acid groups (broad SMARTS) is 1. The quantitative estimate of drug-likeness (QED) is 0.560. The molecule has 0 saturated heterocycles. The van der Waals surface area contributed by atoms with Gasteiger partial charge in [-0.2, -0.15) is 0 Å². The molecule has 0 aliphatic carbocycles. The predicted molar refractivity (Wildman–Crippen MR) is 43.7 cm³/mol. The van der Waals surface area contributed by atoms with Crippen molar-refractivity contribution in [1.29, 1.82) is 0 Å². The van der Waals surface area contributed by atoms with E-state index < -0.39 is 11.6 Å². The van der Waals surface area contributed by atoms with Crippen LogP contribution >= 0.6 is 0 Å². The maximum atomic E-state index is 10.3. The number of hydrogen-bond donors (Lipinski definition) is 3. The number of carbonyl (C=O) groups is 1. The van der Waals surface area contributed by atoms with Gasteiger partial charge in [-0.3, -0.25) is 4.79 Å². The predicted octanol–water partition coefficient (Wildman–Crippen LogP) is 0.231. The largest absolute Gasteiger partial charge is 0.481 e. The molecule has 1 atom stereocenters. The first kappa shape index (κ1) is 11.4. The normalized spacial score (nSPS) is 14.3. The first-order valence-electron chi connectivity index (χ1n) is 3.93. The summed E-state index contributed by atoms with van der Waals surface area (Å²) in [6, 6.07) is 0. The molecular weight excluding hydrogens is 160 g/mol. The van der Waals surface area contributed by atoms with Gasteiger partial charge in [0.1, 0.15) is 0 Å². The van der Waals surface area contributed by atoms with Crippen LogP contribution in [0.15, 0.2) is 0 Å². The van der Waals surface area contributed by atoms with Crippen LogP contribution < -0.4 is 0 Å². The Morgan fingerprint density at radius 1 is 1.50 bits per heavy atom. The third-order valence-electron chi connectivity index (χ3n) is 1.90. The number of aliphatic hydroxyl groups is 2. The van der Waals surface area contributed by atoms with Crippen LogP contribution in [0, 0.1) is 5.92 Å². The van der Waals surface area contributed by atoms with Crippen molar-refractivity contribution >= 4 is 5.97 Å². The van der Waals surface area contributed by atoms with Gasteiger partial charge < -0.3 is 15.3 Å². The lowest BCUT2D eigenvalue weighted by Gasteiger charge is -2.27. The molecule has 0 spiro atoms. The third-order valence-corrected chi connectivity index (χ3v) is 1.90. The Hall–Kier alpha value is -0.610. The Balaban J connectivity index is 4.13. The molecular formula is C8H16O4. The summed E-state index contributed by atoms with van der Waals surface area (Å²) < 4.78 is 0. The first-order valence-corrected chi connectivity index (χ1v) is 3.93. The number of aliphatic carboxylic acids is 1. The van der Waals surface area contributed by atoms with E-state index in [9.17, 15) is 9.90 Å². The molecule has 72 valence electrons. The highest BCUT2D eigenvalue weighted by molar-refractivity contribution is 5.67. The lowest BCUT2D eigenvalue weighted by molar-refractivity contribution is -0.140. The molecule has 4 nitrogen and oxygen atoms in total.